The maximum Gasteiger partial charge on any atom is 0.255 e. The van der Waals surface area contributed by atoms with Gasteiger partial charge in [-0.3, -0.25) is 4.79 Å². The van der Waals surface area contributed by atoms with E-state index in [9.17, 15) is 19.4 Å². The molecule has 18 heavy (non-hydrogen) atoms. The van der Waals surface area contributed by atoms with Crippen LogP contribution < -0.4 is 5.32 Å². The summed E-state index contributed by atoms with van der Waals surface area (Å²) in [6.45, 7) is 0.599. The first-order valence-corrected chi connectivity index (χ1v) is 5.57. The summed E-state index contributed by atoms with van der Waals surface area (Å²) < 4.78 is 18.0. The van der Waals surface area contributed by atoms with Crippen LogP contribution in [0.2, 0.25) is 0 Å². The zero-order valence-corrected chi connectivity index (χ0v) is 9.65. The molecule has 1 aliphatic heterocycles. The summed E-state index contributed by atoms with van der Waals surface area (Å²) in [5, 5.41) is 21.8. The molecule has 2 rings (SSSR count). The predicted octanol–water partition coefficient (Wildman–Crippen LogP) is 0.412. The number of hydrogen-bond acceptors (Lipinski definition) is 4. The number of rotatable bonds is 3. The van der Waals surface area contributed by atoms with Crippen molar-refractivity contribution in [3.63, 3.8) is 0 Å². The Hall–Kier alpha value is -1.66. The SMILES string of the molecule is O=C(NCC1(O)CCOC1)c1cc(F)ccc1O. The summed E-state index contributed by atoms with van der Waals surface area (Å²) in [6, 6.07) is 3.11. The van der Waals surface area contributed by atoms with Gasteiger partial charge in [0, 0.05) is 19.6 Å². The van der Waals surface area contributed by atoms with Crippen LogP contribution in [0.4, 0.5) is 4.39 Å². The Morgan fingerprint density at radius 1 is 1.56 bits per heavy atom. The lowest BCUT2D eigenvalue weighted by Gasteiger charge is -2.20. The third-order valence-electron chi connectivity index (χ3n) is 2.86. The Kier molecular flexibility index (Phi) is 3.49. The molecule has 1 aromatic carbocycles. The molecule has 0 aromatic heterocycles. The van der Waals surface area contributed by atoms with Crippen LogP contribution >= 0.6 is 0 Å². The van der Waals surface area contributed by atoms with Gasteiger partial charge < -0.3 is 20.3 Å². The summed E-state index contributed by atoms with van der Waals surface area (Å²) in [5.74, 6) is -1.54. The van der Waals surface area contributed by atoms with Crippen molar-refractivity contribution in [1.82, 2.24) is 5.32 Å². The van der Waals surface area contributed by atoms with Gasteiger partial charge in [0.15, 0.2) is 0 Å². The highest BCUT2D eigenvalue weighted by Crippen LogP contribution is 2.19. The number of carbonyl (C=O) groups is 1. The van der Waals surface area contributed by atoms with Crippen LogP contribution in [0.5, 0.6) is 5.75 Å². The number of nitrogens with one attached hydrogen (secondary N) is 1. The number of halogens is 1. The first kappa shape index (κ1) is 12.8. The third kappa shape index (κ3) is 2.77. The largest absolute Gasteiger partial charge is 0.507 e. The number of aliphatic hydroxyl groups is 1. The molecule has 1 saturated heterocycles. The summed E-state index contributed by atoms with van der Waals surface area (Å²) in [5.41, 5.74) is -1.24. The molecule has 3 N–H and O–H groups in total. The molecule has 1 amide bonds. The maximum absolute atomic E-state index is 13.0. The van der Waals surface area contributed by atoms with E-state index in [0.717, 1.165) is 18.2 Å². The van der Waals surface area contributed by atoms with Gasteiger partial charge in [0.1, 0.15) is 17.2 Å². The minimum absolute atomic E-state index is 0.00177. The molecule has 0 aliphatic carbocycles. The van der Waals surface area contributed by atoms with Gasteiger partial charge in [0.25, 0.3) is 5.91 Å². The van der Waals surface area contributed by atoms with E-state index >= 15 is 0 Å². The highest BCUT2D eigenvalue weighted by atomic mass is 19.1. The minimum atomic E-state index is -1.08. The van der Waals surface area contributed by atoms with Crippen LogP contribution in [0, 0.1) is 5.82 Å². The summed E-state index contributed by atoms with van der Waals surface area (Å²) in [4.78, 5) is 11.7. The van der Waals surface area contributed by atoms with Crippen molar-refractivity contribution >= 4 is 5.91 Å². The van der Waals surface area contributed by atoms with Crippen molar-refractivity contribution in [2.45, 2.75) is 12.0 Å². The second-order valence-corrected chi connectivity index (χ2v) is 4.37. The lowest BCUT2D eigenvalue weighted by atomic mass is 10.0. The molecular weight excluding hydrogens is 241 g/mol. The zero-order chi connectivity index (χ0) is 13.2. The summed E-state index contributed by atoms with van der Waals surface area (Å²) in [6.07, 6.45) is 0.433. The second-order valence-electron chi connectivity index (χ2n) is 4.37. The lowest BCUT2D eigenvalue weighted by molar-refractivity contribution is 0.0264. The van der Waals surface area contributed by atoms with E-state index in [1.807, 2.05) is 0 Å². The number of phenolic OH excluding ortho intramolecular Hbond substituents is 1. The van der Waals surface area contributed by atoms with E-state index in [1.54, 1.807) is 0 Å². The molecule has 0 spiro atoms. The smallest absolute Gasteiger partial charge is 0.255 e. The van der Waals surface area contributed by atoms with Crippen molar-refractivity contribution in [2.75, 3.05) is 19.8 Å². The monoisotopic (exact) mass is 255 g/mol. The quantitative estimate of drug-likeness (QED) is 0.731. The van der Waals surface area contributed by atoms with Crippen LogP contribution in [-0.4, -0.2) is 41.5 Å². The van der Waals surface area contributed by atoms with E-state index in [4.69, 9.17) is 4.74 Å². The van der Waals surface area contributed by atoms with E-state index in [0.29, 0.717) is 13.0 Å². The van der Waals surface area contributed by atoms with Gasteiger partial charge in [-0.1, -0.05) is 0 Å². The number of phenols is 1. The van der Waals surface area contributed by atoms with Crippen LogP contribution in [-0.2, 0) is 4.74 Å². The molecule has 0 saturated carbocycles. The Balaban J connectivity index is 2.01. The molecule has 1 atom stereocenters. The van der Waals surface area contributed by atoms with Gasteiger partial charge in [-0.25, -0.2) is 4.39 Å². The molecule has 1 heterocycles. The molecule has 6 heteroatoms. The average molecular weight is 255 g/mol. The molecule has 1 fully saturated rings. The summed E-state index contributed by atoms with van der Waals surface area (Å²) in [7, 11) is 0. The molecule has 1 aliphatic rings. The Labute approximate surface area is 103 Å². The van der Waals surface area contributed by atoms with Crippen LogP contribution in [0.15, 0.2) is 18.2 Å². The maximum atomic E-state index is 13.0. The van der Waals surface area contributed by atoms with Crippen molar-refractivity contribution in [1.29, 1.82) is 0 Å². The fourth-order valence-corrected chi connectivity index (χ4v) is 1.77. The fraction of sp³-hybridized carbons (Fsp3) is 0.417. The lowest BCUT2D eigenvalue weighted by Crippen LogP contribution is -2.43. The van der Waals surface area contributed by atoms with E-state index in [1.165, 1.54) is 0 Å². The number of hydrogen-bond donors (Lipinski definition) is 3. The van der Waals surface area contributed by atoms with Crippen molar-refractivity contribution < 1.29 is 24.1 Å². The highest BCUT2D eigenvalue weighted by molar-refractivity contribution is 5.96. The number of aromatic hydroxyl groups is 1. The molecule has 5 nitrogen and oxygen atoms in total. The van der Waals surface area contributed by atoms with E-state index in [2.05, 4.69) is 5.32 Å². The molecule has 0 radical (unpaired) electrons. The fourth-order valence-electron chi connectivity index (χ4n) is 1.77. The highest BCUT2D eigenvalue weighted by Gasteiger charge is 2.32. The van der Waals surface area contributed by atoms with Gasteiger partial charge in [0.2, 0.25) is 0 Å². The average Bonchev–Trinajstić information content (AvgIpc) is 2.77. The predicted molar refractivity (Wildman–Crippen MR) is 60.8 cm³/mol. The number of carbonyl (C=O) groups excluding carboxylic acids is 1. The van der Waals surface area contributed by atoms with Gasteiger partial charge in [-0.15, -0.1) is 0 Å². The van der Waals surface area contributed by atoms with Gasteiger partial charge in [-0.2, -0.15) is 0 Å². The number of amides is 1. The molecular formula is C12H14FNO4. The topological polar surface area (TPSA) is 78.8 Å². The third-order valence-corrected chi connectivity index (χ3v) is 2.86. The minimum Gasteiger partial charge on any atom is -0.507 e. The van der Waals surface area contributed by atoms with Crippen molar-refractivity contribution in [3.8, 4) is 5.75 Å². The molecule has 1 unspecified atom stereocenters. The molecule has 0 bridgehead atoms. The van der Waals surface area contributed by atoms with Crippen LogP contribution in [0.3, 0.4) is 0 Å². The normalized spacial score (nSPS) is 23.0. The first-order valence-electron chi connectivity index (χ1n) is 5.57. The second kappa shape index (κ2) is 4.91. The van der Waals surface area contributed by atoms with Crippen molar-refractivity contribution in [3.05, 3.63) is 29.6 Å². The first-order chi connectivity index (χ1) is 8.50. The summed E-state index contributed by atoms with van der Waals surface area (Å²) >= 11 is 0. The Morgan fingerprint density at radius 2 is 2.33 bits per heavy atom. The van der Waals surface area contributed by atoms with E-state index < -0.39 is 17.3 Å². The standard InChI is InChI=1S/C12H14FNO4/c13-8-1-2-10(15)9(5-8)11(16)14-6-12(17)3-4-18-7-12/h1-2,5,15,17H,3-4,6-7H2,(H,14,16). The van der Waals surface area contributed by atoms with Gasteiger partial charge in [0.05, 0.1) is 12.2 Å². The van der Waals surface area contributed by atoms with E-state index in [-0.39, 0.29) is 24.5 Å². The van der Waals surface area contributed by atoms with Crippen molar-refractivity contribution in [2.24, 2.45) is 0 Å². The Bertz CT molecular complexity index is 457. The molecule has 1 aromatic rings. The van der Waals surface area contributed by atoms with Crippen LogP contribution in [0.25, 0.3) is 0 Å². The number of ether oxygens (including phenoxy) is 1. The van der Waals surface area contributed by atoms with Crippen LogP contribution in [0.1, 0.15) is 16.8 Å². The van der Waals surface area contributed by atoms with Gasteiger partial charge in [-0.05, 0) is 18.2 Å². The van der Waals surface area contributed by atoms with Gasteiger partial charge >= 0.3 is 0 Å². The molecule has 98 valence electrons. The number of benzene rings is 1. The zero-order valence-electron chi connectivity index (χ0n) is 9.65. The Morgan fingerprint density at radius 3 is 3.00 bits per heavy atom.